The Labute approximate surface area is 237 Å². The molecule has 4 aliphatic rings. The smallest absolute Gasteiger partial charge is 0.251 e. The van der Waals surface area contributed by atoms with E-state index in [1.807, 2.05) is 43.3 Å². The fourth-order valence-corrected chi connectivity index (χ4v) is 8.04. The molecule has 0 saturated carbocycles. The van der Waals surface area contributed by atoms with Crippen molar-refractivity contribution in [2.75, 3.05) is 23.8 Å². The van der Waals surface area contributed by atoms with Crippen LogP contribution in [-0.4, -0.2) is 41.7 Å². The molecule has 4 aliphatic heterocycles. The molecule has 202 valence electrons. The molecule has 0 aliphatic carbocycles. The zero-order valence-corrected chi connectivity index (χ0v) is 22.8. The number of carbonyl (C=O) groups is 3. The van der Waals surface area contributed by atoms with E-state index in [-0.39, 0.29) is 30.2 Å². The Kier molecular flexibility index (Phi) is 5.50. The van der Waals surface area contributed by atoms with Gasteiger partial charge in [0, 0.05) is 22.3 Å². The number of rotatable bonds is 5. The number of anilines is 2. The minimum Gasteiger partial charge on any atom is -0.489 e. The Morgan fingerprint density at radius 2 is 1.85 bits per heavy atom. The maximum absolute atomic E-state index is 14.9. The summed E-state index contributed by atoms with van der Waals surface area (Å²) in [5, 5.41) is 6.69. The molecule has 0 radical (unpaired) electrons. The second-order valence-corrected chi connectivity index (χ2v) is 11.3. The van der Waals surface area contributed by atoms with E-state index in [0.29, 0.717) is 51.8 Å². The van der Waals surface area contributed by atoms with Crippen LogP contribution in [0, 0.1) is 12.8 Å². The molecule has 7 rings (SSSR count). The van der Waals surface area contributed by atoms with Gasteiger partial charge < -0.3 is 15.4 Å². The van der Waals surface area contributed by atoms with Crippen molar-refractivity contribution in [2.24, 2.45) is 5.92 Å². The van der Waals surface area contributed by atoms with E-state index in [0.717, 1.165) is 12.0 Å². The van der Waals surface area contributed by atoms with Crippen LogP contribution in [0.4, 0.5) is 11.4 Å². The Morgan fingerprint density at radius 3 is 2.67 bits per heavy atom. The van der Waals surface area contributed by atoms with Gasteiger partial charge in [-0.05, 0) is 61.7 Å². The fourth-order valence-electron chi connectivity index (χ4n) is 7.88. The number of ether oxygens (including phenoxy) is 1. The third kappa shape index (κ3) is 2.86. The number of halogens is 1. The number of benzene rings is 3. The van der Waals surface area contributed by atoms with Gasteiger partial charge in [0.25, 0.3) is 5.91 Å². The number of fused-ring (bicyclic) bond motifs is 7. The van der Waals surface area contributed by atoms with Gasteiger partial charge in [-0.2, -0.15) is 0 Å². The summed E-state index contributed by atoms with van der Waals surface area (Å²) in [6.07, 6.45) is 3.11. The first kappa shape index (κ1) is 25.1. The van der Waals surface area contributed by atoms with E-state index < -0.39 is 16.9 Å². The molecule has 4 heterocycles. The minimum atomic E-state index is -1.52. The predicted molar refractivity (Wildman–Crippen MR) is 153 cm³/mol. The summed E-state index contributed by atoms with van der Waals surface area (Å²) in [6, 6.07) is 17.8. The number of para-hydroxylation sites is 2. The lowest BCUT2D eigenvalue weighted by Gasteiger charge is -2.43. The number of ketones is 1. The molecule has 2 spiro atoms. The number of hydrogen-bond donors (Lipinski definition) is 2. The molecular formula is C32H28ClN3O4. The van der Waals surface area contributed by atoms with Crippen molar-refractivity contribution in [2.45, 2.75) is 36.8 Å². The van der Waals surface area contributed by atoms with Crippen molar-refractivity contribution in [3.63, 3.8) is 0 Å². The molecular weight excluding hydrogens is 526 g/mol. The summed E-state index contributed by atoms with van der Waals surface area (Å²) in [4.78, 5) is 46.2. The quantitative estimate of drug-likeness (QED) is 0.334. The summed E-state index contributed by atoms with van der Waals surface area (Å²) >= 11 is 6.51. The predicted octanol–water partition coefficient (Wildman–Crippen LogP) is 5.23. The van der Waals surface area contributed by atoms with Gasteiger partial charge in [-0.25, -0.2) is 0 Å². The molecule has 3 aromatic carbocycles. The summed E-state index contributed by atoms with van der Waals surface area (Å²) in [5.74, 6) is -1.29. The number of hydrogen-bond acceptors (Lipinski definition) is 5. The third-order valence-corrected chi connectivity index (χ3v) is 9.67. The minimum absolute atomic E-state index is 0.216. The van der Waals surface area contributed by atoms with E-state index in [9.17, 15) is 14.4 Å². The van der Waals surface area contributed by atoms with Gasteiger partial charge in [0.2, 0.25) is 5.91 Å². The van der Waals surface area contributed by atoms with Crippen molar-refractivity contribution < 1.29 is 19.1 Å². The molecule has 2 saturated heterocycles. The number of nitrogens with one attached hydrogen (secondary N) is 2. The maximum atomic E-state index is 14.9. The van der Waals surface area contributed by atoms with E-state index in [1.165, 1.54) is 0 Å². The molecule has 2 amide bonds. The molecule has 0 bridgehead atoms. The fraction of sp³-hybridized carbons (Fsp3) is 0.281. The molecule has 40 heavy (non-hydrogen) atoms. The van der Waals surface area contributed by atoms with E-state index in [1.54, 1.807) is 30.3 Å². The van der Waals surface area contributed by atoms with Crippen LogP contribution >= 0.6 is 11.6 Å². The number of carbonyl (C=O) groups excluding carboxylic acids is 3. The highest BCUT2D eigenvalue weighted by atomic mass is 35.5. The second kappa shape index (κ2) is 8.78. The number of nitrogens with zero attached hydrogens (tertiary/aromatic N) is 1. The molecule has 4 atom stereocenters. The van der Waals surface area contributed by atoms with Crippen LogP contribution in [0.5, 0.6) is 5.75 Å². The number of amides is 2. The van der Waals surface area contributed by atoms with E-state index in [4.69, 9.17) is 16.3 Å². The largest absolute Gasteiger partial charge is 0.489 e. The summed E-state index contributed by atoms with van der Waals surface area (Å²) in [6.45, 7) is 6.41. The Bertz CT molecular complexity index is 1640. The zero-order chi connectivity index (χ0) is 27.8. The van der Waals surface area contributed by atoms with Crippen molar-refractivity contribution in [3.8, 4) is 5.75 Å². The van der Waals surface area contributed by atoms with Gasteiger partial charge in [0.1, 0.15) is 23.3 Å². The Hall–Kier alpha value is -3.94. The topological polar surface area (TPSA) is 87.7 Å². The zero-order valence-electron chi connectivity index (χ0n) is 22.0. The SMILES string of the molecule is C=CCOc1ccccc1C(=O)[C@@H]1[C@H]2CCCN2[C@@]2(C(=O)Nc3c2ccc(Cl)c3C)[C@@]12C(=O)Nc1ccccc12. The molecule has 0 aromatic heterocycles. The standard InChI is InChI=1S/C32H28ClN3O4/c1-3-17-40-25-13-7-4-9-19(25)28(37)26-24-12-8-16-36(24)32(21-14-15-22(33)18(2)27(21)35-30(32)39)31(26)20-10-5-6-11-23(20)34-29(31)38/h3-7,9-11,13-15,24,26H,1,8,12,16-17H2,2H3,(H,34,38)(H,35,39)/t24-,26+,31-,32+/m1/s1. The molecule has 7 nitrogen and oxygen atoms in total. The molecule has 0 unspecified atom stereocenters. The van der Waals surface area contributed by atoms with Gasteiger partial charge in [-0.1, -0.05) is 60.7 Å². The molecule has 8 heteroatoms. The monoisotopic (exact) mass is 553 g/mol. The Balaban J connectivity index is 1.56. The van der Waals surface area contributed by atoms with Gasteiger partial charge in [-0.15, -0.1) is 0 Å². The lowest BCUT2D eigenvalue weighted by Crippen LogP contribution is -2.62. The van der Waals surface area contributed by atoms with E-state index in [2.05, 4.69) is 22.1 Å². The number of Topliss-reactive ketones (excluding diaryl/α,β-unsaturated/α-hetero) is 1. The first-order chi connectivity index (χ1) is 19.4. The van der Waals surface area contributed by atoms with Crippen molar-refractivity contribution in [1.29, 1.82) is 0 Å². The van der Waals surface area contributed by atoms with Crippen LogP contribution in [0.2, 0.25) is 5.02 Å². The maximum Gasteiger partial charge on any atom is 0.251 e. The molecule has 2 N–H and O–H groups in total. The Morgan fingerprint density at radius 1 is 1.07 bits per heavy atom. The third-order valence-electron chi connectivity index (χ3n) is 9.26. The average Bonchev–Trinajstić information content (AvgIpc) is 3.68. The van der Waals surface area contributed by atoms with Crippen molar-refractivity contribution in [3.05, 3.63) is 101 Å². The highest BCUT2D eigenvalue weighted by Gasteiger charge is 2.81. The molecule has 2 fully saturated rings. The van der Waals surface area contributed by atoms with Crippen LogP contribution in [-0.2, 0) is 20.5 Å². The van der Waals surface area contributed by atoms with Crippen LogP contribution in [0.3, 0.4) is 0 Å². The average molecular weight is 554 g/mol. The molecule has 3 aromatic rings. The summed E-state index contributed by atoms with van der Waals surface area (Å²) in [5.41, 5.74) is 0.745. The van der Waals surface area contributed by atoms with Gasteiger partial charge in [0.05, 0.1) is 17.2 Å². The lowest BCUT2D eigenvalue weighted by molar-refractivity contribution is -0.137. The normalized spacial score (nSPS) is 27.9. The second-order valence-electron chi connectivity index (χ2n) is 10.9. The van der Waals surface area contributed by atoms with Gasteiger partial charge in [-0.3, -0.25) is 19.3 Å². The van der Waals surface area contributed by atoms with Gasteiger partial charge >= 0.3 is 0 Å². The first-order valence-corrected chi connectivity index (χ1v) is 13.9. The van der Waals surface area contributed by atoms with Crippen LogP contribution in [0.15, 0.2) is 73.3 Å². The summed E-state index contributed by atoms with van der Waals surface area (Å²) < 4.78 is 5.90. The summed E-state index contributed by atoms with van der Waals surface area (Å²) in [7, 11) is 0. The van der Waals surface area contributed by atoms with Gasteiger partial charge in [0.15, 0.2) is 5.78 Å². The highest BCUT2D eigenvalue weighted by Crippen LogP contribution is 2.68. The van der Waals surface area contributed by atoms with Crippen LogP contribution in [0.25, 0.3) is 0 Å². The lowest BCUT2D eigenvalue weighted by atomic mass is 9.57. The highest BCUT2D eigenvalue weighted by molar-refractivity contribution is 6.32. The first-order valence-electron chi connectivity index (χ1n) is 13.5. The van der Waals surface area contributed by atoms with Crippen molar-refractivity contribution in [1.82, 2.24) is 4.90 Å². The van der Waals surface area contributed by atoms with Crippen LogP contribution in [0.1, 0.15) is 39.9 Å². The van der Waals surface area contributed by atoms with Crippen LogP contribution < -0.4 is 15.4 Å². The van der Waals surface area contributed by atoms with Crippen molar-refractivity contribution >= 4 is 40.6 Å². The van der Waals surface area contributed by atoms with E-state index >= 15 is 0 Å².